The van der Waals surface area contributed by atoms with Crippen molar-refractivity contribution in [1.29, 1.82) is 0 Å². The Balaban J connectivity index is 2.20. The molecule has 1 fully saturated rings. The van der Waals surface area contributed by atoms with Crippen LogP contribution in [-0.2, 0) is 0 Å². The Morgan fingerprint density at radius 1 is 1.40 bits per heavy atom. The van der Waals surface area contributed by atoms with Crippen LogP contribution in [0.5, 0.6) is 0 Å². The number of hydrogen-bond donors (Lipinski definition) is 1. The number of amides is 1. The lowest BCUT2D eigenvalue weighted by Gasteiger charge is -2.26. The highest BCUT2D eigenvalue weighted by molar-refractivity contribution is 7.18. The van der Waals surface area contributed by atoms with E-state index >= 15 is 0 Å². The van der Waals surface area contributed by atoms with E-state index in [-0.39, 0.29) is 11.9 Å². The highest BCUT2D eigenvalue weighted by Crippen LogP contribution is 2.31. The number of hydrogen-bond acceptors (Lipinski definition) is 5. The highest BCUT2D eigenvalue weighted by Gasteiger charge is 2.25. The van der Waals surface area contributed by atoms with E-state index in [0.29, 0.717) is 17.2 Å². The molecule has 0 radical (unpaired) electrons. The van der Waals surface area contributed by atoms with Crippen molar-refractivity contribution < 1.29 is 4.79 Å². The average molecular weight is 296 g/mol. The third-order valence-electron chi connectivity index (χ3n) is 3.69. The Morgan fingerprint density at radius 2 is 2.05 bits per heavy atom. The number of thiazole rings is 1. The molecule has 5 nitrogen and oxygen atoms in total. The van der Waals surface area contributed by atoms with Gasteiger partial charge in [0.1, 0.15) is 10.7 Å². The van der Waals surface area contributed by atoms with Crippen LogP contribution < -0.4 is 10.6 Å². The summed E-state index contributed by atoms with van der Waals surface area (Å²) in [5, 5.41) is 0.894. The van der Waals surface area contributed by atoms with Crippen molar-refractivity contribution in [3.8, 4) is 0 Å². The molecule has 0 aromatic carbocycles. The number of nitrogens with zero attached hydrogens (tertiary/aromatic N) is 3. The molecule has 0 unspecified atom stereocenters. The predicted octanol–water partition coefficient (Wildman–Crippen LogP) is 2.59. The van der Waals surface area contributed by atoms with Crippen LogP contribution in [0.2, 0.25) is 0 Å². The highest BCUT2D eigenvalue weighted by atomic mass is 32.1. The van der Waals surface area contributed by atoms with Gasteiger partial charge in [0.2, 0.25) is 0 Å². The summed E-state index contributed by atoms with van der Waals surface area (Å²) in [6.07, 6.45) is 3.66. The van der Waals surface area contributed by atoms with Crippen LogP contribution in [0.25, 0.3) is 0 Å². The van der Waals surface area contributed by atoms with Gasteiger partial charge >= 0.3 is 0 Å². The van der Waals surface area contributed by atoms with Crippen molar-refractivity contribution in [2.75, 3.05) is 30.3 Å². The molecule has 0 spiro atoms. The lowest BCUT2D eigenvalue weighted by Crippen LogP contribution is -2.36. The monoisotopic (exact) mass is 296 g/mol. The van der Waals surface area contributed by atoms with Crippen LogP contribution in [0.1, 0.15) is 49.7 Å². The van der Waals surface area contributed by atoms with Crippen molar-refractivity contribution >= 4 is 28.2 Å². The van der Waals surface area contributed by atoms with Gasteiger partial charge in [-0.05, 0) is 40.0 Å². The van der Waals surface area contributed by atoms with Gasteiger partial charge in [0, 0.05) is 25.7 Å². The maximum atomic E-state index is 12.5. The lowest BCUT2D eigenvalue weighted by atomic mass is 10.1. The topological polar surface area (TPSA) is 62.5 Å². The zero-order valence-electron chi connectivity index (χ0n) is 12.6. The molecule has 0 bridgehead atoms. The van der Waals surface area contributed by atoms with E-state index in [1.807, 2.05) is 25.7 Å². The fraction of sp³-hybridized carbons (Fsp3) is 0.714. The van der Waals surface area contributed by atoms with Gasteiger partial charge in [-0.1, -0.05) is 11.3 Å². The number of anilines is 2. The first-order valence-electron chi connectivity index (χ1n) is 7.36. The van der Waals surface area contributed by atoms with Gasteiger partial charge in [0.05, 0.1) is 0 Å². The van der Waals surface area contributed by atoms with E-state index in [4.69, 9.17) is 5.73 Å². The van der Waals surface area contributed by atoms with Gasteiger partial charge < -0.3 is 15.5 Å². The third kappa shape index (κ3) is 3.06. The molecule has 1 saturated heterocycles. The van der Waals surface area contributed by atoms with Crippen molar-refractivity contribution in [3.63, 3.8) is 0 Å². The van der Waals surface area contributed by atoms with Gasteiger partial charge in [0.15, 0.2) is 5.13 Å². The molecule has 2 N–H and O–H groups in total. The summed E-state index contributed by atoms with van der Waals surface area (Å²) in [6, 6.07) is 0.174. The van der Waals surface area contributed by atoms with Crippen molar-refractivity contribution in [2.24, 2.45) is 0 Å². The minimum Gasteiger partial charge on any atom is -0.382 e. The summed E-state index contributed by atoms with van der Waals surface area (Å²) in [7, 11) is 0. The van der Waals surface area contributed by atoms with Crippen LogP contribution in [0.4, 0.5) is 10.9 Å². The fourth-order valence-electron chi connectivity index (χ4n) is 2.57. The number of aromatic nitrogens is 1. The standard InChI is InChI=1S/C14H24N4OS/c1-4-18(10(2)3)13(19)11-12(15)16-14(20-11)17-8-6-5-7-9-17/h10H,4-9,15H2,1-3H3. The van der Waals surface area contributed by atoms with Crippen LogP contribution in [0, 0.1) is 0 Å². The van der Waals surface area contributed by atoms with E-state index in [1.165, 1.54) is 30.6 Å². The molecule has 2 rings (SSSR count). The normalized spacial score (nSPS) is 15.7. The number of carbonyl (C=O) groups excluding carboxylic acids is 1. The summed E-state index contributed by atoms with van der Waals surface area (Å²) >= 11 is 1.43. The lowest BCUT2D eigenvalue weighted by molar-refractivity contribution is 0.0722. The minimum atomic E-state index is 0.000703. The summed E-state index contributed by atoms with van der Waals surface area (Å²) in [4.78, 5) is 21.6. The maximum absolute atomic E-state index is 12.5. The minimum absolute atomic E-state index is 0.000703. The van der Waals surface area contributed by atoms with E-state index in [9.17, 15) is 4.79 Å². The van der Waals surface area contributed by atoms with Crippen molar-refractivity contribution in [2.45, 2.75) is 46.1 Å². The molecule has 1 aliphatic heterocycles. The number of nitrogens with two attached hydrogens (primary N) is 1. The largest absolute Gasteiger partial charge is 0.382 e. The second kappa shape index (κ2) is 6.43. The summed E-state index contributed by atoms with van der Waals surface area (Å²) in [5.74, 6) is 0.375. The van der Waals surface area contributed by atoms with Crippen LogP contribution in [-0.4, -0.2) is 41.5 Å². The van der Waals surface area contributed by atoms with Crippen LogP contribution >= 0.6 is 11.3 Å². The molecule has 1 aromatic rings. The van der Waals surface area contributed by atoms with Gasteiger partial charge in [-0.15, -0.1) is 0 Å². The summed E-state index contributed by atoms with van der Waals surface area (Å²) < 4.78 is 0. The number of piperidine rings is 1. The van der Waals surface area contributed by atoms with Gasteiger partial charge in [-0.3, -0.25) is 4.79 Å². The second-order valence-corrected chi connectivity index (χ2v) is 6.42. The molecule has 112 valence electrons. The van der Waals surface area contributed by atoms with Crippen molar-refractivity contribution in [1.82, 2.24) is 9.88 Å². The quantitative estimate of drug-likeness (QED) is 0.927. The summed E-state index contributed by atoms with van der Waals surface area (Å²) in [5.41, 5.74) is 5.97. The SMILES string of the molecule is CCN(C(=O)c1sc(N2CCCCC2)nc1N)C(C)C. The van der Waals surface area contributed by atoms with E-state index in [1.54, 1.807) is 0 Å². The number of carbonyl (C=O) groups is 1. The molecule has 6 heteroatoms. The molecular weight excluding hydrogens is 272 g/mol. The Kier molecular flexibility index (Phi) is 4.86. The van der Waals surface area contributed by atoms with E-state index in [2.05, 4.69) is 9.88 Å². The number of nitrogen functional groups attached to an aromatic ring is 1. The zero-order chi connectivity index (χ0) is 14.7. The summed E-state index contributed by atoms with van der Waals surface area (Å²) in [6.45, 7) is 8.74. The van der Waals surface area contributed by atoms with Crippen molar-refractivity contribution in [3.05, 3.63) is 4.88 Å². The molecule has 0 atom stereocenters. The molecule has 1 amide bonds. The molecule has 0 saturated carbocycles. The maximum Gasteiger partial charge on any atom is 0.268 e. The molecular formula is C14H24N4OS. The Hall–Kier alpha value is -1.30. The first kappa shape index (κ1) is 15.1. The first-order chi connectivity index (χ1) is 9.54. The smallest absolute Gasteiger partial charge is 0.268 e. The Labute approximate surface area is 124 Å². The van der Waals surface area contributed by atoms with E-state index < -0.39 is 0 Å². The molecule has 1 aliphatic rings. The average Bonchev–Trinajstić information content (AvgIpc) is 2.82. The predicted molar refractivity (Wildman–Crippen MR) is 84.4 cm³/mol. The Bertz CT molecular complexity index is 466. The van der Waals surface area contributed by atoms with E-state index in [0.717, 1.165) is 18.2 Å². The molecule has 2 heterocycles. The fourth-order valence-corrected chi connectivity index (χ4v) is 3.56. The molecule has 20 heavy (non-hydrogen) atoms. The van der Waals surface area contributed by atoms with Crippen LogP contribution in [0.15, 0.2) is 0 Å². The van der Waals surface area contributed by atoms with Gasteiger partial charge in [-0.25, -0.2) is 4.98 Å². The zero-order valence-corrected chi connectivity index (χ0v) is 13.4. The molecule has 0 aliphatic carbocycles. The van der Waals surface area contributed by atoms with Gasteiger partial charge in [0.25, 0.3) is 5.91 Å². The number of rotatable bonds is 4. The third-order valence-corrected chi connectivity index (χ3v) is 4.81. The van der Waals surface area contributed by atoms with Gasteiger partial charge in [-0.2, -0.15) is 0 Å². The van der Waals surface area contributed by atoms with Crippen LogP contribution in [0.3, 0.4) is 0 Å². The first-order valence-corrected chi connectivity index (χ1v) is 8.18. The Morgan fingerprint density at radius 3 is 2.60 bits per heavy atom. The molecule has 1 aromatic heterocycles. The second-order valence-electron chi connectivity index (χ2n) is 5.44.